The molecule has 0 aliphatic heterocycles. The normalized spacial score (nSPS) is 12.8. The topological polar surface area (TPSA) is 52.7 Å². The standard InChI is InChI=1S/C29H37N3O2S/c1-7-25(22-12-9-8-10-13-22)29(34)32(21(4)20(2)3)19-23-18-24(15-16-26(23)31(5)6)30-28(33)27-14-11-17-35-27/h8-18,20-21,25H,7,19H2,1-6H3,(H,30,33)/t21-,25-/m1/s1. The van der Waals surface area contributed by atoms with Crippen molar-refractivity contribution >= 4 is 34.5 Å². The van der Waals surface area contributed by atoms with Crippen LogP contribution in [-0.2, 0) is 11.3 Å². The number of hydrogen-bond acceptors (Lipinski definition) is 4. The van der Waals surface area contributed by atoms with Gasteiger partial charge in [0.05, 0.1) is 10.8 Å². The van der Waals surface area contributed by atoms with E-state index < -0.39 is 0 Å². The van der Waals surface area contributed by atoms with E-state index >= 15 is 0 Å². The molecule has 1 N–H and O–H groups in total. The molecule has 2 aromatic carbocycles. The number of carbonyl (C=O) groups excluding carboxylic acids is 2. The minimum Gasteiger partial charge on any atom is -0.377 e. The van der Waals surface area contributed by atoms with Gasteiger partial charge in [-0.05, 0) is 60.0 Å². The summed E-state index contributed by atoms with van der Waals surface area (Å²) in [6.07, 6.45) is 0.738. The Labute approximate surface area is 213 Å². The Kier molecular flexibility index (Phi) is 9.10. The fraction of sp³-hybridized carbons (Fsp3) is 0.379. The second kappa shape index (κ2) is 12.0. The van der Waals surface area contributed by atoms with E-state index in [1.165, 1.54) is 11.3 Å². The lowest BCUT2D eigenvalue weighted by atomic mass is 9.92. The molecule has 2 atom stereocenters. The van der Waals surface area contributed by atoms with Crippen molar-refractivity contribution in [2.75, 3.05) is 24.3 Å². The van der Waals surface area contributed by atoms with Crippen LogP contribution in [0.3, 0.4) is 0 Å². The number of carbonyl (C=O) groups is 2. The van der Waals surface area contributed by atoms with Crippen LogP contribution in [0.5, 0.6) is 0 Å². The van der Waals surface area contributed by atoms with Crippen molar-refractivity contribution in [2.45, 2.75) is 52.6 Å². The van der Waals surface area contributed by atoms with Crippen LogP contribution in [0.25, 0.3) is 0 Å². The van der Waals surface area contributed by atoms with Crippen LogP contribution in [0.15, 0.2) is 66.0 Å². The number of hydrogen-bond donors (Lipinski definition) is 1. The second-order valence-corrected chi connectivity index (χ2v) is 10.4. The molecule has 186 valence electrons. The molecule has 0 radical (unpaired) electrons. The lowest BCUT2D eigenvalue weighted by Gasteiger charge is -2.36. The summed E-state index contributed by atoms with van der Waals surface area (Å²) in [6, 6.07) is 19.7. The second-order valence-electron chi connectivity index (χ2n) is 9.49. The highest BCUT2D eigenvalue weighted by molar-refractivity contribution is 7.12. The average Bonchev–Trinajstić information content (AvgIpc) is 3.38. The Morgan fingerprint density at radius 3 is 2.26 bits per heavy atom. The van der Waals surface area contributed by atoms with Gasteiger partial charge in [0.25, 0.3) is 5.91 Å². The maximum atomic E-state index is 14.0. The fourth-order valence-corrected chi connectivity index (χ4v) is 4.85. The van der Waals surface area contributed by atoms with Crippen LogP contribution in [0.1, 0.15) is 60.8 Å². The fourth-order valence-electron chi connectivity index (χ4n) is 4.23. The van der Waals surface area contributed by atoms with E-state index in [4.69, 9.17) is 0 Å². The SMILES string of the molecule is CC[C@@H](C(=O)N(Cc1cc(NC(=O)c2cccs2)ccc1N(C)C)[C@H](C)C(C)C)c1ccccc1. The molecule has 1 aromatic heterocycles. The molecule has 0 bridgehead atoms. The zero-order valence-corrected chi connectivity index (χ0v) is 22.4. The monoisotopic (exact) mass is 491 g/mol. The Hall–Kier alpha value is -3.12. The predicted molar refractivity (Wildman–Crippen MR) is 147 cm³/mol. The quantitative estimate of drug-likeness (QED) is 0.346. The Morgan fingerprint density at radius 1 is 0.971 bits per heavy atom. The summed E-state index contributed by atoms with van der Waals surface area (Å²) in [5.41, 5.74) is 3.80. The molecule has 5 nitrogen and oxygen atoms in total. The van der Waals surface area contributed by atoms with E-state index in [0.717, 1.165) is 28.9 Å². The van der Waals surface area contributed by atoms with Gasteiger partial charge < -0.3 is 15.1 Å². The molecule has 0 spiro atoms. The first-order chi connectivity index (χ1) is 16.7. The summed E-state index contributed by atoms with van der Waals surface area (Å²) >= 11 is 1.41. The van der Waals surface area contributed by atoms with E-state index in [-0.39, 0.29) is 23.8 Å². The number of nitrogens with one attached hydrogen (secondary N) is 1. The first-order valence-corrected chi connectivity index (χ1v) is 13.1. The van der Waals surface area contributed by atoms with E-state index in [0.29, 0.717) is 17.3 Å². The molecular weight excluding hydrogens is 454 g/mol. The number of nitrogens with zero attached hydrogens (tertiary/aromatic N) is 2. The van der Waals surface area contributed by atoms with Crippen molar-refractivity contribution in [2.24, 2.45) is 5.92 Å². The van der Waals surface area contributed by atoms with Crippen molar-refractivity contribution < 1.29 is 9.59 Å². The van der Waals surface area contributed by atoms with Crippen molar-refractivity contribution in [1.29, 1.82) is 0 Å². The molecule has 0 fully saturated rings. The third-order valence-corrected chi connectivity index (χ3v) is 7.42. The van der Waals surface area contributed by atoms with E-state index in [2.05, 4.69) is 37.9 Å². The van der Waals surface area contributed by atoms with Crippen LogP contribution in [0.2, 0.25) is 0 Å². The summed E-state index contributed by atoms with van der Waals surface area (Å²) in [7, 11) is 4.00. The summed E-state index contributed by atoms with van der Waals surface area (Å²) < 4.78 is 0. The molecule has 3 rings (SSSR count). The molecule has 0 aliphatic carbocycles. The van der Waals surface area contributed by atoms with Crippen molar-refractivity contribution in [1.82, 2.24) is 4.90 Å². The van der Waals surface area contributed by atoms with Gasteiger partial charge in [-0.2, -0.15) is 0 Å². The molecule has 3 aromatic rings. The highest BCUT2D eigenvalue weighted by Gasteiger charge is 2.30. The predicted octanol–water partition coefficient (Wildman–Crippen LogP) is 6.63. The van der Waals surface area contributed by atoms with Gasteiger partial charge in [0.2, 0.25) is 5.91 Å². The third-order valence-electron chi connectivity index (χ3n) is 6.55. The Morgan fingerprint density at radius 2 is 1.69 bits per heavy atom. The highest BCUT2D eigenvalue weighted by Crippen LogP contribution is 2.30. The zero-order valence-electron chi connectivity index (χ0n) is 21.6. The molecule has 6 heteroatoms. The number of amides is 2. The lowest BCUT2D eigenvalue weighted by molar-refractivity contribution is -0.136. The van der Waals surface area contributed by atoms with Crippen molar-refractivity contribution in [3.8, 4) is 0 Å². The molecule has 35 heavy (non-hydrogen) atoms. The van der Waals surface area contributed by atoms with Gasteiger partial charge in [-0.25, -0.2) is 0 Å². The van der Waals surface area contributed by atoms with Gasteiger partial charge in [0.1, 0.15) is 0 Å². The Balaban J connectivity index is 1.96. The van der Waals surface area contributed by atoms with Crippen molar-refractivity contribution in [3.05, 3.63) is 82.0 Å². The summed E-state index contributed by atoms with van der Waals surface area (Å²) in [5, 5.41) is 4.91. The average molecular weight is 492 g/mol. The number of anilines is 2. The summed E-state index contributed by atoms with van der Waals surface area (Å²) in [6.45, 7) is 8.97. The largest absolute Gasteiger partial charge is 0.377 e. The minimum atomic E-state index is -0.193. The van der Waals surface area contributed by atoms with Crippen LogP contribution >= 0.6 is 11.3 Å². The Bertz CT molecular complexity index is 1110. The van der Waals surface area contributed by atoms with E-state index in [1.54, 1.807) is 0 Å². The molecule has 0 unspecified atom stereocenters. The van der Waals surface area contributed by atoms with Crippen LogP contribution in [-0.4, -0.2) is 36.9 Å². The van der Waals surface area contributed by atoms with Gasteiger partial charge in [0, 0.05) is 38.1 Å². The zero-order chi connectivity index (χ0) is 25.5. The number of rotatable bonds is 10. The maximum absolute atomic E-state index is 14.0. The lowest BCUT2D eigenvalue weighted by Crippen LogP contribution is -2.43. The minimum absolute atomic E-state index is 0.0552. The van der Waals surface area contributed by atoms with E-state index in [1.807, 2.05) is 85.0 Å². The van der Waals surface area contributed by atoms with Crippen LogP contribution < -0.4 is 10.2 Å². The molecular formula is C29H37N3O2S. The van der Waals surface area contributed by atoms with Gasteiger partial charge in [-0.1, -0.05) is 57.2 Å². The van der Waals surface area contributed by atoms with Crippen LogP contribution in [0, 0.1) is 5.92 Å². The van der Waals surface area contributed by atoms with E-state index in [9.17, 15) is 9.59 Å². The van der Waals surface area contributed by atoms with Crippen LogP contribution in [0.4, 0.5) is 11.4 Å². The number of benzene rings is 2. The molecule has 0 aliphatic rings. The van der Waals surface area contributed by atoms with Gasteiger partial charge >= 0.3 is 0 Å². The van der Waals surface area contributed by atoms with Gasteiger partial charge in [-0.15, -0.1) is 11.3 Å². The first-order valence-electron chi connectivity index (χ1n) is 12.2. The number of thiophene rings is 1. The van der Waals surface area contributed by atoms with Gasteiger partial charge in [0.15, 0.2) is 0 Å². The molecule has 2 amide bonds. The first kappa shape index (κ1) is 26.5. The summed E-state index contributed by atoms with van der Waals surface area (Å²) in [4.78, 5) is 31.3. The molecule has 0 saturated heterocycles. The smallest absolute Gasteiger partial charge is 0.265 e. The molecule has 1 heterocycles. The maximum Gasteiger partial charge on any atom is 0.265 e. The molecule has 0 saturated carbocycles. The third kappa shape index (κ3) is 6.51. The van der Waals surface area contributed by atoms with Crippen molar-refractivity contribution in [3.63, 3.8) is 0 Å². The van der Waals surface area contributed by atoms with Gasteiger partial charge in [-0.3, -0.25) is 9.59 Å². The summed E-state index contributed by atoms with van der Waals surface area (Å²) in [5.74, 6) is 0.124. The highest BCUT2D eigenvalue weighted by atomic mass is 32.1.